The Morgan fingerprint density at radius 3 is 2.50 bits per heavy atom. The first-order valence-corrected chi connectivity index (χ1v) is 9.62. The van der Waals surface area contributed by atoms with Gasteiger partial charge in [0.25, 0.3) is 0 Å². The van der Waals surface area contributed by atoms with Crippen molar-refractivity contribution in [1.82, 2.24) is 14.9 Å². The Bertz CT molecular complexity index is 340. The third-order valence-electron chi connectivity index (χ3n) is 3.81. The minimum atomic E-state index is -3.12. The minimum Gasteiger partial charge on any atom is -0.317 e. The molecule has 0 spiro atoms. The molecule has 0 radical (unpaired) electrons. The molecule has 1 fully saturated rings. The number of hydrogen-bond donors (Lipinski definition) is 2. The standard InChI is InChI=1S/C14H31N3O2S/c1-3-8-15-9-7-12-20(18,19)16-13-14(2)17-10-5-4-6-11-17/h14-16H,3-13H2,1-2H3. The van der Waals surface area contributed by atoms with E-state index in [0.29, 0.717) is 19.0 Å². The van der Waals surface area contributed by atoms with E-state index in [4.69, 9.17) is 0 Å². The number of hydrogen-bond acceptors (Lipinski definition) is 4. The van der Waals surface area contributed by atoms with E-state index < -0.39 is 10.0 Å². The van der Waals surface area contributed by atoms with Gasteiger partial charge in [0.05, 0.1) is 5.75 Å². The van der Waals surface area contributed by atoms with Crippen molar-refractivity contribution in [2.24, 2.45) is 0 Å². The first-order chi connectivity index (χ1) is 9.55. The van der Waals surface area contributed by atoms with Crippen LogP contribution < -0.4 is 10.0 Å². The molecule has 0 amide bonds. The molecule has 0 aromatic heterocycles. The zero-order chi connectivity index (χ0) is 14.8. The highest BCUT2D eigenvalue weighted by molar-refractivity contribution is 7.89. The molecule has 1 saturated heterocycles. The second kappa shape index (κ2) is 9.71. The molecule has 5 nitrogen and oxygen atoms in total. The third-order valence-corrected chi connectivity index (χ3v) is 5.24. The van der Waals surface area contributed by atoms with E-state index in [1.165, 1.54) is 19.3 Å². The molecular weight excluding hydrogens is 274 g/mol. The van der Waals surface area contributed by atoms with Gasteiger partial charge in [0.15, 0.2) is 0 Å². The summed E-state index contributed by atoms with van der Waals surface area (Å²) >= 11 is 0. The van der Waals surface area contributed by atoms with Crippen LogP contribution in [0.3, 0.4) is 0 Å². The molecule has 20 heavy (non-hydrogen) atoms. The molecule has 1 aliphatic rings. The van der Waals surface area contributed by atoms with Gasteiger partial charge in [-0.15, -0.1) is 0 Å². The average molecular weight is 305 g/mol. The Kier molecular flexibility index (Phi) is 8.68. The average Bonchev–Trinajstić information content (AvgIpc) is 2.45. The summed E-state index contributed by atoms with van der Waals surface area (Å²) in [6.07, 6.45) is 5.53. The highest BCUT2D eigenvalue weighted by atomic mass is 32.2. The number of sulfonamides is 1. The first-order valence-electron chi connectivity index (χ1n) is 7.97. The van der Waals surface area contributed by atoms with Gasteiger partial charge >= 0.3 is 0 Å². The van der Waals surface area contributed by atoms with E-state index in [2.05, 4.69) is 28.8 Å². The van der Waals surface area contributed by atoms with E-state index in [9.17, 15) is 8.42 Å². The van der Waals surface area contributed by atoms with E-state index >= 15 is 0 Å². The fourth-order valence-corrected chi connectivity index (χ4v) is 3.66. The first kappa shape index (κ1) is 17.9. The summed E-state index contributed by atoms with van der Waals surface area (Å²) in [6, 6.07) is 0.295. The molecule has 1 unspecified atom stereocenters. The van der Waals surface area contributed by atoms with Crippen LogP contribution in [0.1, 0.15) is 46.0 Å². The Morgan fingerprint density at radius 1 is 1.15 bits per heavy atom. The topological polar surface area (TPSA) is 61.4 Å². The van der Waals surface area contributed by atoms with Crippen molar-refractivity contribution in [3.63, 3.8) is 0 Å². The van der Waals surface area contributed by atoms with Gasteiger partial charge in [-0.05, 0) is 58.8 Å². The van der Waals surface area contributed by atoms with Crippen LogP contribution >= 0.6 is 0 Å². The molecule has 0 aliphatic carbocycles. The predicted octanol–water partition coefficient (Wildman–Crippen LogP) is 1.17. The van der Waals surface area contributed by atoms with E-state index in [1.54, 1.807) is 0 Å². The molecule has 1 atom stereocenters. The second-order valence-corrected chi connectivity index (χ2v) is 7.64. The molecule has 0 saturated carbocycles. The van der Waals surface area contributed by atoms with Crippen molar-refractivity contribution in [2.75, 3.05) is 38.5 Å². The van der Waals surface area contributed by atoms with E-state index in [-0.39, 0.29) is 5.75 Å². The van der Waals surface area contributed by atoms with Gasteiger partial charge < -0.3 is 5.32 Å². The van der Waals surface area contributed by atoms with Crippen LogP contribution in [0.2, 0.25) is 0 Å². The maximum atomic E-state index is 11.9. The fourth-order valence-electron chi connectivity index (χ4n) is 2.50. The molecule has 1 aliphatic heterocycles. The maximum absolute atomic E-state index is 11.9. The molecule has 6 heteroatoms. The summed E-state index contributed by atoms with van der Waals surface area (Å²) in [4.78, 5) is 2.38. The van der Waals surface area contributed by atoms with Crippen molar-refractivity contribution >= 4 is 10.0 Å². The Morgan fingerprint density at radius 2 is 1.85 bits per heavy atom. The number of nitrogens with one attached hydrogen (secondary N) is 2. The predicted molar refractivity (Wildman–Crippen MR) is 84.5 cm³/mol. The Hall–Kier alpha value is -0.170. The lowest BCUT2D eigenvalue weighted by Crippen LogP contribution is -2.44. The van der Waals surface area contributed by atoms with Crippen LogP contribution in [0, 0.1) is 0 Å². The van der Waals surface area contributed by atoms with Crippen LogP contribution in [0.25, 0.3) is 0 Å². The van der Waals surface area contributed by atoms with Gasteiger partial charge in [0, 0.05) is 12.6 Å². The zero-order valence-electron chi connectivity index (χ0n) is 13.0. The third kappa shape index (κ3) is 7.57. The Labute approximate surface area is 124 Å². The van der Waals surface area contributed by atoms with Gasteiger partial charge in [-0.1, -0.05) is 13.3 Å². The normalized spacial score (nSPS) is 19.1. The van der Waals surface area contributed by atoms with Gasteiger partial charge in [0.1, 0.15) is 0 Å². The van der Waals surface area contributed by atoms with E-state index in [1.807, 2.05) is 0 Å². The number of likely N-dealkylation sites (tertiary alicyclic amines) is 1. The molecule has 1 rings (SSSR count). The van der Waals surface area contributed by atoms with Gasteiger partial charge in [-0.3, -0.25) is 4.90 Å². The van der Waals surface area contributed by atoms with Crippen LogP contribution in [0.5, 0.6) is 0 Å². The highest BCUT2D eigenvalue weighted by Crippen LogP contribution is 2.11. The van der Waals surface area contributed by atoms with E-state index in [0.717, 1.165) is 32.6 Å². The summed E-state index contributed by atoms with van der Waals surface area (Å²) in [6.45, 7) is 8.68. The van der Waals surface area contributed by atoms with Crippen molar-refractivity contribution in [3.8, 4) is 0 Å². The summed E-state index contributed by atoms with van der Waals surface area (Å²) in [5, 5.41) is 3.22. The molecule has 0 bridgehead atoms. The van der Waals surface area contributed by atoms with Gasteiger partial charge in [-0.2, -0.15) is 0 Å². The quantitative estimate of drug-likeness (QED) is 0.595. The minimum absolute atomic E-state index is 0.219. The number of piperidine rings is 1. The number of rotatable bonds is 10. The SMILES string of the molecule is CCCNCCCS(=O)(=O)NCC(C)N1CCCCC1. The zero-order valence-corrected chi connectivity index (χ0v) is 13.8. The summed E-state index contributed by atoms with van der Waals surface area (Å²) in [5.41, 5.74) is 0. The second-order valence-electron chi connectivity index (χ2n) is 5.72. The molecule has 0 aromatic carbocycles. The van der Waals surface area contributed by atoms with Gasteiger partial charge in [-0.25, -0.2) is 13.1 Å². The molecule has 0 aromatic rings. The fraction of sp³-hybridized carbons (Fsp3) is 1.00. The maximum Gasteiger partial charge on any atom is 0.211 e. The van der Waals surface area contributed by atoms with Crippen molar-refractivity contribution in [2.45, 2.75) is 52.0 Å². The molecule has 2 N–H and O–H groups in total. The number of nitrogens with zero attached hydrogens (tertiary/aromatic N) is 1. The van der Waals surface area contributed by atoms with Crippen LogP contribution in [0.4, 0.5) is 0 Å². The summed E-state index contributed by atoms with van der Waals surface area (Å²) in [7, 11) is -3.12. The monoisotopic (exact) mass is 305 g/mol. The van der Waals surface area contributed by atoms with Crippen molar-refractivity contribution in [1.29, 1.82) is 0 Å². The summed E-state index contributed by atoms with van der Waals surface area (Å²) in [5.74, 6) is 0.219. The molecule has 1 heterocycles. The lowest BCUT2D eigenvalue weighted by molar-refractivity contribution is 0.175. The lowest BCUT2D eigenvalue weighted by Gasteiger charge is -2.32. The van der Waals surface area contributed by atoms with Crippen LogP contribution in [-0.2, 0) is 10.0 Å². The van der Waals surface area contributed by atoms with Gasteiger partial charge in [0.2, 0.25) is 10.0 Å². The van der Waals surface area contributed by atoms with Crippen molar-refractivity contribution < 1.29 is 8.42 Å². The largest absolute Gasteiger partial charge is 0.317 e. The smallest absolute Gasteiger partial charge is 0.211 e. The summed E-state index contributed by atoms with van der Waals surface area (Å²) < 4.78 is 26.5. The van der Waals surface area contributed by atoms with Crippen LogP contribution in [0.15, 0.2) is 0 Å². The Balaban J connectivity index is 2.17. The highest BCUT2D eigenvalue weighted by Gasteiger charge is 2.18. The molecule has 120 valence electrons. The van der Waals surface area contributed by atoms with Crippen molar-refractivity contribution in [3.05, 3.63) is 0 Å². The molecular formula is C14H31N3O2S. The lowest BCUT2D eigenvalue weighted by atomic mass is 10.1. The van der Waals surface area contributed by atoms with Crippen LogP contribution in [-0.4, -0.2) is 57.8 Å².